The third kappa shape index (κ3) is 4.13. The van der Waals surface area contributed by atoms with Crippen LogP contribution in [-0.2, 0) is 16.1 Å². The Kier molecular flexibility index (Phi) is 4.94. The summed E-state index contributed by atoms with van der Waals surface area (Å²) in [5.74, 6) is -0.680. The largest absolute Gasteiger partial charge is 0.476 e. The van der Waals surface area contributed by atoms with Gasteiger partial charge in [-0.25, -0.2) is 14.2 Å². The van der Waals surface area contributed by atoms with Crippen LogP contribution >= 0.6 is 0 Å². The molecule has 140 valence electrons. The summed E-state index contributed by atoms with van der Waals surface area (Å²) in [6.07, 6.45) is 0. The first-order valence-electron chi connectivity index (χ1n) is 8.36. The summed E-state index contributed by atoms with van der Waals surface area (Å²) >= 11 is 0. The second-order valence-electron chi connectivity index (χ2n) is 6.59. The Bertz CT molecular complexity index is 1040. The van der Waals surface area contributed by atoms with Gasteiger partial charge < -0.3 is 9.47 Å². The number of pyridine rings is 1. The van der Waals surface area contributed by atoms with Gasteiger partial charge in [0.05, 0.1) is 5.69 Å². The second-order valence-corrected chi connectivity index (χ2v) is 6.59. The maximum Gasteiger partial charge on any atom is 0.350 e. The van der Waals surface area contributed by atoms with Crippen molar-refractivity contribution in [2.45, 2.75) is 33.0 Å². The minimum absolute atomic E-state index is 0.158. The summed E-state index contributed by atoms with van der Waals surface area (Å²) in [6, 6.07) is 12.0. The van der Waals surface area contributed by atoms with Crippen molar-refractivity contribution in [2.75, 3.05) is 0 Å². The monoisotopic (exact) mass is 370 g/mol. The van der Waals surface area contributed by atoms with Crippen LogP contribution in [0.4, 0.5) is 4.39 Å². The molecule has 0 unspecified atom stereocenters. The molecule has 0 fully saturated rings. The quantitative estimate of drug-likeness (QED) is 0.646. The van der Waals surface area contributed by atoms with Crippen LogP contribution in [0.5, 0.6) is 5.75 Å². The molecule has 7 heteroatoms. The van der Waals surface area contributed by atoms with Gasteiger partial charge in [-0.15, -0.1) is 0 Å². The van der Waals surface area contributed by atoms with E-state index >= 15 is 0 Å². The minimum atomic E-state index is -1.29. The Morgan fingerprint density at radius 3 is 2.59 bits per heavy atom. The van der Waals surface area contributed by atoms with Crippen molar-refractivity contribution in [3.05, 3.63) is 76.1 Å². The number of carbonyl (C=O) groups excluding carboxylic acids is 1. The summed E-state index contributed by atoms with van der Waals surface area (Å²) < 4.78 is 25.3. The van der Waals surface area contributed by atoms with Crippen LogP contribution in [0.2, 0.25) is 0 Å². The van der Waals surface area contributed by atoms with Crippen molar-refractivity contribution in [2.24, 2.45) is 0 Å². The van der Waals surface area contributed by atoms with Gasteiger partial charge in [0.1, 0.15) is 23.8 Å². The van der Waals surface area contributed by atoms with Crippen molar-refractivity contribution in [1.82, 2.24) is 9.38 Å². The summed E-state index contributed by atoms with van der Waals surface area (Å²) in [7, 11) is 0. The highest BCUT2D eigenvalue weighted by Gasteiger charge is 2.32. The minimum Gasteiger partial charge on any atom is -0.476 e. The molecule has 6 nitrogen and oxygen atoms in total. The molecule has 0 spiro atoms. The number of ether oxygens (including phenoxy) is 2. The summed E-state index contributed by atoms with van der Waals surface area (Å²) in [4.78, 5) is 29.0. The molecule has 3 rings (SSSR count). The van der Waals surface area contributed by atoms with Crippen LogP contribution in [0.3, 0.4) is 0 Å². The fourth-order valence-corrected chi connectivity index (χ4v) is 2.59. The molecule has 27 heavy (non-hydrogen) atoms. The summed E-state index contributed by atoms with van der Waals surface area (Å²) in [6.45, 7) is 4.75. The molecule has 0 bridgehead atoms. The number of carbonyl (C=O) groups is 1. The molecule has 1 aromatic carbocycles. The predicted octanol–water partition coefficient (Wildman–Crippen LogP) is 3.04. The maximum atomic E-state index is 13.0. The lowest BCUT2D eigenvalue weighted by Gasteiger charge is -2.24. The predicted molar refractivity (Wildman–Crippen MR) is 97.1 cm³/mol. The van der Waals surface area contributed by atoms with E-state index in [1.54, 1.807) is 26.0 Å². The number of hydrogen-bond donors (Lipinski definition) is 0. The van der Waals surface area contributed by atoms with E-state index in [9.17, 15) is 14.0 Å². The lowest BCUT2D eigenvalue weighted by atomic mass is 10.1. The molecule has 3 aromatic rings. The Balaban J connectivity index is 1.72. The molecule has 2 aromatic heterocycles. The van der Waals surface area contributed by atoms with Crippen LogP contribution in [-0.4, -0.2) is 21.0 Å². The molecule has 0 atom stereocenters. The van der Waals surface area contributed by atoms with Crippen LogP contribution in [0.25, 0.3) is 5.65 Å². The lowest BCUT2D eigenvalue weighted by Crippen LogP contribution is -2.39. The third-order valence-corrected chi connectivity index (χ3v) is 3.96. The lowest BCUT2D eigenvalue weighted by molar-refractivity contribution is -0.160. The molecule has 0 aliphatic rings. The van der Waals surface area contributed by atoms with E-state index in [4.69, 9.17) is 9.47 Å². The Morgan fingerprint density at radius 1 is 1.19 bits per heavy atom. The number of aromatic nitrogens is 2. The third-order valence-electron chi connectivity index (χ3n) is 3.96. The van der Waals surface area contributed by atoms with Crippen LogP contribution < -0.4 is 10.3 Å². The first kappa shape index (κ1) is 18.6. The second kappa shape index (κ2) is 7.19. The fraction of sp³-hybridized carbons (Fsp3) is 0.250. The molecule has 0 aliphatic heterocycles. The van der Waals surface area contributed by atoms with E-state index < -0.39 is 17.4 Å². The van der Waals surface area contributed by atoms with Crippen LogP contribution in [0, 0.1) is 12.7 Å². The Labute approximate surface area is 155 Å². The summed E-state index contributed by atoms with van der Waals surface area (Å²) in [5, 5.41) is 0. The van der Waals surface area contributed by atoms with Crippen molar-refractivity contribution in [3.8, 4) is 5.75 Å². The topological polar surface area (TPSA) is 69.9 Å². The SMILES string of the molecule is Cc1cccc2nc(COC(=O)C(C)(C)Oc3ccc(F)cc3)cc(=O)n12. The average Bonchev–Trinajstić information content (AvgIpc) is 2.61. The molecular formula is C20H19FN2O4. The molecule has 2 heterocycles. The van der Waals surface area contributed by atoms with Crippen molar-refractivity contribution >= 4 is 11.6 Å². The number of hydrogen-bond acceptors (Lipinski definition) is 5. The molecule has 0 amide bonds. The molecule has 0 saturated heterocycles. The number of nitrogens with zero attached hydrogens (tertiary/aromatic N) is 2. The number of aryl methyl sites for hydroxylation is 1. The van der Waals surface area contributed by atoms with Gasteiger partial charge in [0.15, 0.2) is 5.60 Å². The Hall–Kier alpha value is -3.22. The number of benzene rings is 1. The van der Waals surface area contributed by atoms with Crippen LogP contribution in [0.1, 0.15) is 25.2 Å². The molecule has 0 aliphatic carbocycles. The Morgan fingerprint density at radius 2 is 1.89 bits per heavy atom. The number of fused-ring (bicyclic) bond motifs is 1. The van der Waals surface area contributed by atoms with E-state index in [1.807, 2.05) is 13.0 Å². The van der Waals surface area contributed by atoms with Crippen molar-refractivity contribution in [1.29, 1.82) is 0 Å². The van der Waals surface area contributed by atoms with E-state index in [0.717, 1.165) is 5.69 Å². The zero-order chi connectivity index (χ0) is 19.6. The van der Waals surface area contributed by atoms with Gasteiger partial charge >= 0.3 is 5.97 Å². The van der Waals surface area contributed by atoms with E-state index in [1.165, 1.54) is 34.7 Å². The van der Waals surface area contributed by atoms with Gasteiger partial charge in [0.2, 0.25) is 0 Å². The standard InChI is InChI=1S/C20H19FN2O4/c1-13-5-4-6-17-22-15(11-18(24)23(13)17)12-26-19(25)20(2,3)27-16-9-7-14(21)8-10-16/h4-11H,12H2,1-3H3. The zero-order valence-corrected chi connectivity index (χ0v) is 15.2. The van der Waals surface area contributed by atoms with Gasteiger partial charge in [0, 0.05) is 11.8 Å². The maximum absolute atomic E-state index is 13.0. The van der Waals surface area contributed by atoms with Crippen molar-refractivity contribution in [3.63, 3.8) is 0 Å². The molecule has 0 radical (unpaired) electrons. The number of esters is 1. The van der Waals surface area contributed by atoms with Crippen LogP contribution in [0.15, 0.2) is 53.3 Å². The van der Waals surface area contributed by atoms with Gasteiger partial charge in [-0.2, -0.15) is 0 Å². The molecule has 0 N–H and O–H groups in total. The highest BCUT2D eigenvalue weighted by Crippen LogP contribution is 2.20. The normalized spacial score (nSPS) is 11.4. The average molecular weight is 370 g/mol. The fourth-order valence-electron chi connectivity index (χ4n) is 2.59. The van der Waals surface area contributed by atoms with Gasteiger partial charge in [-0.05, 0) is 57.2 Å². The number of halogens is 1. The summed E-state index contributed by atoms with van der Waals surface area (Å²) in [5.41, 5.74) is 0.0561. The van der Waals surface area contributed by atoms with Gasteiger partial charge in [-0.1, -0.05) is 6.07 Å². The first-order chi connectivity index (χ1) is 12.8. The van der Waals surface area contributed by atoms with Gasteiger partial charge in [-0.3, -0.25) is 9.20 Å². The zero-order valence-electron chi connectivity index (χ0n) is 15.2. The molecule has 0 saturated carbocycles. The number of rotatable bonds is 5. The van der Waals surface area contributed by atoms with E-state index in [-0.39, 0.29) is 12.2 Å². The smallest absolute Gasteiger partial charge is 0.350 e. The molecular weight excluding hydrogens is 351 g/mol. The highest BCUT2D eigenvalue weighted by molar-refractivity contribution is 5.79. The van der Waals surface area contributed by atoms with Gasteiger partial charge in [0.25, 0.3) is 5.56 Å². The van der Waals surface area contributed by atoms with Crippen molar-refractivity contribution < 1.29 is 18.7 Å². The van der Waals surface area contributed by atoms with E-state index in [0.29, 0.717) is 17.1 Å². The highest BCUT2D eigenvalue weighted by atomic mass is 19.1. The first-order valence-corrected chi connectivity index (χ1v) is 8.36. The van der Waals surface area contributed by atoms with E-state index in [2.05, 4.69) is 4.98 Å².